The van der Waals surface area contributed by atoms with E-state index in [2.05, 4.69) is 11.1 Å². The lowest BCUT2D eigenvalue weighted by molar-refractivity contribution is -0.117. The molecular weight excluding hydrogens is 282 g/mol. The molecule has 21 heavy (non-hydrogen) atoms. The number of benzene rings is 1. The van der Waals surface area contributed by atoms with Gasteiger partial charge in [0.15, 0.2) is 0 Å². The van der Waals surface area contributed by atoms with Gasteiger partial charge in [-0.2, -0.15) is 5.26 Å². The first kappa shape index (κ1) is 15.1. The summed E-state index contributed by atoms with van der Waals surface area (Å²) < 4.78 is 0. The van der Waals surface area contributed by atoms with Gasteiger partial charge in [0.1, 0.15) is 16.3 Å². The van der Waals surface area contributed by atoms with E-state index >= 15 is 0 Å². The van der Waals surface area contributed by atoms with Crippen LogP contribution in [0.5, 0.6) is 0 Å². The number of amides is 1. The van der Waals surface area contributed by atoms with Crippen molar-refractivity contribution >= 4 is 17.7 Å². The van der Waals surface area contributed by atoms with Crippen molar-refractivity contribution in [1.82, 2.24) is 4.98 Å². The molecule has 1 heterocycles. The number of aromatic nitrogens is 1. The number of hydrogen-bond donors (Lipinski definition) is 1. The van der Waals surface area contributed by atoms with Gasteiger partial charge < -0.3 is 5.73 Å². The third-order valence-corrected chi connectivity index (χ3v) is 4.27. The van der Waals surface area contributed by atoms with E-state index < -0.39 is 11.2 Å². The van der Waals surface area contributed by atoms with Gasteiger partial charge in [-0.1, -0.05) is 42.1 Å². The van der Waals surface area contributed by atoms with Gasteiger partial charge in [0.05, 0.1) is 5.56 Å². The lowest BCUT2D eigenvalue weighted by Crippen LogP contribution is -2.19. The molecule has 0 unspecified atom stereocenters. The van der Waals surface area contributed by atoms with Crippen LogP contribution in [-0.2, 0) is 4.79 Å². The molecule has 0 saturated heterocycles. The number of hydrogen-bond acceptors (Lipinski definition) is 4. The summed E-state index contributed by atoms with van der Waals surface area (Å²) in [6.07, 6.45) is 0. The maximum absolute atomic E-state index is 11.8. The van der Waals surface area contributed by atoms with Gasteiger partial charge >= 0.3 is 0 Å². The highest BCUT2D eigenvalue weighted by atomic mass is 32.2. The molecule has 5 heteroatoms. The molecule has 1 aromatic carbocycles. The summed E-state index contributed by atoms with van der Waals surface area (Å²) in [4.78, 5) is 16.1. The van der Waals surface area contributed by atoms with E-state index in [1.165, 1.54) is 11.8 Å². The number of carbonyl (C=O) groups is 1. The van der Waals surface area contributed by atoms with Crippen LogP contribution in [0.3, 0.4) is 0 Å². The van der Waals surface area contributed by atoms with Gasteiger partial charge in [-0.15, -0.1) is 0 Å². The standard InChI is InChI=1S/C16H15N3OS/c1-10-8-11(2)19-16(13(10)9-17)21-14(15(18)20)12-6-4-3-5-7-12/h3-8,14H,1-2H3,(H2,18,20)/t14-/m0/s1. The van der Waals surface area contributed by atoms with Gasteiger partial charge in [-0.3, -0.25) is 4.79 Å². The van der Waals surface area contributed by atoms with Crippen LogP contribution in [0, 0.1) is 25.2 Å². The van der Waals surface area contributed by atoms with E-state index in [1.54, 1.807) is 0 Å². The molecular formula is C16H15N3OS. The summed E-state index contributed by atoms with van der Waals surface area (Å²) in [5.74, 6) is -0.448. The number of aryl methyl sites for hydroxylation is 2. The minimum Gasteiger partial charge on any atom is -0.368 e. The van der Waals surface area contributed by atoms with Crippen LogP contribution in [0.2, 0.25) is 0 Å². The van der Waals surface area contributed by atoms with Crippen LogP contribution < -0.4 is 5.73 Å². The first-order valence-corrected chi connectivity index (χ1v) is 7.30. The van der Waals surface area contributed by atoms with Gasteiger partial charge in [0.2, 0.25) is 5.91 Å². The Hall–Kier alpha value is -2.32. The Morgan fingerprint density at radius 1 is 1.33 bits per heavy atom. The van der Waals surface area contributed by atoms with Crippen LogP contribution >= 0.6 is 11.8 Å². The molecule has 106 valence electrons. The number of nitrogens with zero attached hydrogens (tertiary/aromatic N) is 2. The quantitative estimate of drug-likeness (QED) is 0.880. The van der Waals surface area contributed by atoms with Gasteiger partial charge in [0.25, 0.3) is 0 Å². The number of thioether (sulfide) groups is 1. The molecule has 0 bridgehead atoms. The van der Waals surface area contributed by atoms with Gasteiger partial charge in [-0.05, 0) is 31.0 Å². The highest BCUT2D eigenvalue weighted by molar-refractivity contribution is 8.00. The number of pyridine rings is 1. The Labute approximate surface area is 128 Å². The molecule has 0 radical (unpaired) electrons. The first-order valence-electron chi connectivity index (χ1n) is 6.42. The zero-order valence-corrected chi connectivity index (χ0v) is 12.6. The van der Waals surface area contributed by atoms with Crippen molar-refractivity contribution in [3.05, 3.63) is 58.8 Å². The van der Waals surface area contributed by atoms with Crippen LogP contribution in [0.4, 0.5) is 0 Å². The third-order valence-electron chi connectivity index (χ3n) is 3.01. The number of nitrogens with two attached hydrogens (primary N) is 1. The molecule has 1 aromatic heterocycles. The normalized spacial score (nSPS) is 11.7. The second-order valence-corrected chi connectivity index (χ2v) is 5.78. The van der Waals surface area contributed by atoms with Crippen molar-refractivity contribution in [1.29, 1.82) is 5.26 Å². The predicted octanol–water partition coefficient (Wildman–Crippen LogP) is 2.89. The van der Waals surface area contributed by atoms with Crippen molar-refractivity contribution in [3.8, 4) is 6.07 Å². The second-order valence-electron chi connectivity index (χ2n) is 4.68. The Balaban J connectivity index is 2.44. The highest BCUT2D eigenvalue weighted by Crippen LogP contribution is 2.36. The molecule has 0 saturated carbocycles. The Morgan fingerprint density at radius 3 is 2.57 bits per heavy atom. The number of carbonyl (C=O) groups excluding carboxylic acids is 1. The van der Waals surface area contributed by atoms with Crippen LogP contribution in [0.1, 0.15) is 27.6 Å². The predicted molar refractivity (Wildman–Crippen MR) is 82.7 cm³/mol. The fraction of sp³-hybridized carbons (Fsp3) is 0.188. The van der Waals surface area contributed by atoms with E-state index in [-0.39, 0.29) is 0 Å². The van der Waals surface area contributed by atoms with Gasteiger partial charge in [-0.25, -0.2) is 4.98 Å². The number of primary amides is 1. The molecule has 0 aliphatic heterocycles. The SMILES string of the molecule is Cc1cc(C)c(C#N)c(S[C@H](C(N)=O)c2ccccc2)n1. The first-order chi connectivity index (χ1) is 10.0. The molecule has 0 aliphatic rings. The highest BCUT2D eigenvalue weighted by Gasteiger charge is 2.22. The molecule has 0 spiro atoms. The molecule has 1 atom stereocenters. The van der Waals surface area contributed by atoms with Crippen molar-refractivity contribution in [2.45, 2.75) is 24.1 Å². The Morgan fingerprint density at radius 2 is 2.00 bits per heavy atom. The van der Waals surface area contributed by atoms with Crippen molar-refractivity contribution in [3.63, 3.8) is 0 Å². The maximum Gasteiger partial charge on any atom is 0.235 e. The van der Waals surface area contributed by atoms with E-state index in [9.17, 15) is 10.1 Å². The summed E-state index contributed by atoms with van der Waals surface area (Å²) in [6.45, 7) is 3.72. The average molecular weight is 297 g/mol. The second kappa shape index (κ2) is 6.42. The minimum atomic E-state index is -0.563. The van der Waals surface area contributed by atoms with Gasteiger partial charge in [0, 0.05) is 5.69 Å². The molecule has 2 N–H and O–H groups in total. The minimum absolute atomic E-state index is 0.448. The molecule has 2 aromatic rings. The van der Waals surface area contributed by atoms with Crippen LogP contribution in [0.15, 0.2) is 41.4 Å². The number of nitriles is 1. The van der Waals surface area contributed by atoms with E-state index in [0.717, 1.165) is 16.8 Å². The van der Waals surface area contributed by atoms with Crippen LogP contribution in [0.25, 0.3) is 0 Å². The van der Waals surface area contributed by atoms with E-state index in [4.69, 9.17) is 5.73 Å². The largest absolute Gasteiger partial charge is 0.368 e. The molecule has 2 rings (SSSR count). The van der Waals surface area contributed by atoms with E-state index in [0.29, 0.717) is 10.6 Å². The molecule has 4 nitrogen and oxygen atoms in total. The molecule has 0 aliphatic carbocycles. The Kier molecular flexibility index (Phi) is 4.61. The summed E-state index contributed by atoms with van der Waals surface area (Å²) >= 11 is 1.22. The zero-order valence-electron chi connectivity index (χ0n) is 11.8. The smallest absolute Gasteiger partial charge is 0.235 e. The third kappa shape index (κ3) is 3.41. The van der Waals surface area contributed by atoms with Crippen molar-refractivity contribution in [2.75, 3.05) is 0 Å². The lowest BCUT2D eigenvalue weighted by Gasteiger charge is -2.14. The van der Waals surface area contributed by atoms with Crippen molar-refractivity contribution < 1.29 is 4.79 Å². The maximum atomic E-state index is 11.8. The zero-order chi connectivity index (χ0) is 15.4. The summed E-state index contributed by atoms with van der Waals surface area (Å²) in [5.41, 5.74) is 8.47. The van der Waals surface area contributed by atoms with Crippen molar-refractivity contribution in [2.24, 2.45) is 5.73 Å². The fourth-order valence-electron chi connectivity index (χ4n) is 2.05. The molecule has 0 fully saturated rings. The topological polar surface area (TPSA) is 79.8 Å². The Bertz CT molecular complexity index is 707. The van der Waals surface area contributed by atoms with E-state index in [1.807, 2.05) is 50.2 Å². The summed E-state index contributed by atoms with van der Waals surface area (Å²) in [7, 11) is 0. The number of rotatable bonds is 4. The lowest BCUT2D eigenvalue weighted by atomic mass is 10.1. The summed E-state index contributed by atoms with van der Waals surface area (Å²) in [5, 5.41) is 9.27. The average Bonchev–Trinajstić information content (AvgIpc) is 2.45. The molecule has 1 amide bonds. The monoisotopic (exact) mass is 297 g/mol. The fourth-order valence-corrected chi connectivity index (χ4v) is 3.21. The summed E-state index contributed by atoms with van der Waals surface area (Å²) in [6, 6.07) is 13.3. The van der Waals surface area contributed by atoms with Crippen LogP contribution in [-0.4, -0.2) is 10.9 Å².